The Morgan fingerprint density at radius 2 is 2.00 bits per heavy atom. The minimum atomic E-state index is -0.0559. The van der Waals surface area contributed by atoms with Gasteiger partial charge in [0.05, 0.1) is 6.04 Å². The van der Waals surface area contributed by atoms with E-state index in [-0.39, 0.29) is 11.9 Å². The van der Waals surface area contributed by atoms with Crippen LogP contribution in [0.25, 0.3) is 6.08 Å². The smallest absolute Gasteiger partial charge is 0.244 e. The predicted molar refractivity (Wildman–Crippen MR) is 83.3 cm³/mol. The molecule has 2 aromatic rings. The molecule has 1 aromatic heterocycles. The van der Waals surface area contributed by atoms with E-state index in [9.17, 15) is 4.79 Å². The van der Waals surface area contributed by atoms with Gasteiger partial charge in [0.15, 0.2) is 0 Å². The van der Waals surface area contributed by atoms with Crippen LogP contribution in [0.15, 0.2) is 60.9 Å². The number of aromatic nitrogens is 1. The van der Waals surface area contributed by atoms with Crippen molar-refractivity contribution in [3.8, 4) is 0 Å². The van der Waals surface area contributed by atoms with E-state index in [0.29, 0.717) is 5.92 Å². The molecule has 1 fully saturated rings. The first-order chi connectivity index (χ1) is 10.3. The first kappa shape index (κ1) is 13.6. The molecule has 1 unspecified atom stereocenters. The van der Waals surface area contributed by atoms with Crippen molar-refractivity contribution in [3.05, 3.63) is 72.1 Å². The van der Waals surface area contributed by atoms with E-state index in [1.165, 1.54) is 18.4 Å². The molecule has 1 N–H and O–H groups in total. The van der Waals surface area contributed by atoms with E-state index in [4.69, 9.17) is 0 Å². The molecular formula is C18H18N2O. The van der Waals surface area contributed by atoms with E-state index in [2.05, 4.69) is 22.4 Å². The summed E-state index contributed by atoms with van der Waals surface area (Å²) in [6.45, 7) is 0. The SMILES string of the molecule is O=C(C=Cc1cccnc1)NC(c1ccccc1)C1CC1. The van der Waals surface area contributed by atoms with Crippen molar-refractivity contribution in [3.63, 3.8) is 0 Å². The Labute approximate surface area is 124 Å². The Kier molecular flexibility index (Phi) is 4.10. The molecule has 1 amide bonds. The van der Waals surface area contributed by atoms with Gasteiger partial charge in [-0.2, -0.15) is 0 Å². The third kappa shape index (κ3) is 3.78. The van der Waals surface area contributed by atoms with Gasteiger partial charge in [0.25, 0.3) is 0 Å². The molecule has 0 bridgehead atoms. The van der Waals surface area contributed by atoms with Crippen LogP contribution in [-0.4, -0.2) is 10.9 Å². The largest absolute Gasteiger partial charge is 0.345 e. The summed E-state index contributed by atoms with van der Waals surface area (Å²) in [5.74, 6) is 0.516. The van der Waals surface area contributed by atoms with Crippen LogP contribution in [0.2, 0.25) is 0 Å². The highest BCUT2D eigenvalue weighted by Crippen LogP contribution is 2.40. The number of nitrogens with zero attached hydrogens (tertiary/aromatic N) is 1. The zero-order valence-electron chi connectivity index (χ0n) is 11.8. The van der Waals surface area contributed by atoms with Gasteiger partial charge in [-0.3, -0.25) is 9.78 Å². The van der Waals surface area contributed by atoms with E-state index < -0.39 is 0 Å². The van der Waals surface area contributed by atoms with Gasteiger partial charge < -0.3 is 5.32 Å². The summed E-state index contributed by atoms with van der Waals surface area (Å²) >= 11 is 0. The highest BCUT2D eigenvalue weighted by atomic mass is 16.1. The summed E-state index contributed by atoms with van der Waals surface area (Å²) in [7, 11) is 0. The summed E-state index contributed by atoms with van der Waals surface area (Å²) in [6, 6.07) is 14.1. The maximum absolute atomic E-state index is 12.1. The van der Waals surface area contributed by atoms with Crippen molar-refractivity contribution in [2.75, 3.05) is 0 Å². The number of nitrogens with one attached hydrogen (secondary N) is 1. The van der Waals surface area contributed by atoms with Crippen LogP contribution >= 0.6 is 0 Å². The average molecular weight is 278 g/mol. The first-order valence-electron chi connectivity index (χ1n) is 7.26. The lowest BCUT2D eigenvalue weighted by molar-refractivity contribution is -0.117. The maximum atomic E-state index is 12.1. The van der Waals surface area contributed by atoms with Gasteiger partial charge in [-0.15, -0.1) is 0 Å². The molecule has 106 valence electrons. The van der Waals surface area contributed by atoms with E-state index >= 15 is 0 Å². The van der Waals surface area contributed by atoms with Gasteiger partial charge in [0.2, 0.25) is 5.91 Å². The highest BCUT2D eigenvalue weighted by molar-refractivity contribution is 5.92. The molecule has 3 heteroatoms. The second kappa shape index (κ2) is 6.35. The minimum Gasteiger partial charge on any atom is -0.345 e. The topological polar surface area (TPSA) is 42.0 Å². The third-order valence-electron chi connectivity index (χ3n) is 3.66. The Morgan fingerprint density at radius 3 is 2.67 bits per heavy atom. The highest BCUT2D eigenvalue weighted by Gasteiger charge is 2.32. The van der Waals surface area contributed by atoms with Crippen molar-refractivity contribution in [1.29, 1.82) is 0 Å². The fourth-order valence-corrected chi connectivity index (χ4v) is 2.41. The first-order valence-corrected chi connectivity index (χ1v) is 7.26. The van der Waals surface area contributed by atoms with Crippen molar-refractivity contribution in [1.82, 2.24) is 10.3 Å². The number of benzene rings is 1. The molecule has 0 aliphatic heterocycles. The molecule has 1 heterocycles. The lowest BCUT2D eigenvalue weighted by Crippen LogP contribution is -2.28. The lowest BCUT2D eigenvalue weighted by atomic mass is 10.0. The zero-order chi connectivity index (χ0) is 14.5. The number of pyridine rings is 1. The van der Waals surface area contributed by atoms with Crippen LogP contribution in [0, 0.1) is 5.92 Å². The van der Waals surface area contributed by atoms with Crippen molar-refractivity contribution >= 4 is 12.0 Å². The summed E-state index contributed by atoms with van der Waals surface area (Å²) in [4.78, 5) is 16.1. The number of carbonyl (C=O) groups excluding carboxylic acids is 1. The summed E-state index contributed by atoms with van der Waals surface area (Å²) < 4.78 is 0. The molecule has 21 heavy (non-hydrogen) atoms. The number of rotatable bonds is 5. The van der Waals surface area contributed by atoms with Gasteiger partial charge in [-0.1, -0.05) is 36.4 Å². The molecule has 1 aromatic carbocycles. The summed E-state index contributed by atoms with van der Waals surface area (Å²) in [6.07, 6.45) is 9.19. The second-order valence-electron chi connectivity index (χ2n) is 5.35. The predicted octanol–water partition coefficient (Wildman–Crippen LogP) is 3.36. The Bertz CT molecular complexity index is 618. The normalized spacial score (nSPS) is 15.8. The Balaban J connectivity index is 1.66. The second-order valence-corrected chi connectivity index (χ2v) is 5.35. The molecule has 3 nitrogen and oxygen atoms in total. The average Bonchev–Trinajstić information content (AvgIpc) is 3.37. The van der Waals surface area contributed by atoms with Gasteiger partial charge in [-0.05, 0) is 42.0 Å². The zero-order valence-corrected chi connectivity index (χ0v) is 11.8. The van der Waals surface area contributed by atoms with Gasteiger partial charge in [0, 0.05) is 18.5 Å². The van der Waals surface area contributed by atoms with Crippen LogP contribution in [0.5, 0.6) is 0 Å². The quantitative estimate of drug-likeness (QED) is 0.852. The molecule has 1 aliphatic rings. The third-order valence-corrected chi connectivity index (χ3v) is 3.66. The van der Waals surface area contributed by atoms with Gasteiger partial charge >= 0.3 is 0 Å². The molecular weight excluding hydrogens is 260 g/mol. The molecule has 3 rings (SSSR count). The summed E-state index contributed by atoms with van der Waals surface area (Å²) in [5.41, 5.74) is 2.11. The number of hydrogen-bond donors (Lipinski definition) is 1. The number of amides is 1. The number of carbonyl (C=O) groups is 1. The van der Waals surface area contributed by atoms with E-state index in [1.807, 2.05) is 30.3 Å². The summed E-state index contributed by atoms with van der Waals surface area (Å²) in [5, 5.41) is 3.12. The van der Waals surface area contributed by atoms with Crippen molar-refractivity contribution < 1.29 is 4.79 Å². The molecule has 1 saturated carbocycles. The van der Waals surface area contributed by atoms with Crippen LogP contribution in [0.1, 0.15) is 30.0 Å². The molecule has 0 saturated heterocycles. The number of hydrogen-bond acceptors (Lipinski definition) is 2. The van der Waals surface area contributed by atoms with Crippen molar-refractivity contribution in [2.24, 2.45) is 5.92 Å². The fourth-order valence-electron chi connectivity index (χ4n) is 2.41. The monoisotopic (exact) mass is 278 g/mol. The van der Waals surface area contributed by atoms with E-state index in [0.717, 1.165) is 5.56 Å². The van der Waals surface area contributed by atoms with Crippen LogP contribution < -0.4 is 5.32 Å². The molecule has 0 spiro atoms. The minimum absolute atomic E-state index is 0.0559. The lowest BCUT2D eigenvalue weighted by Gasteiger charge is -2.17. The molecule has 1 aliphatic carbocycles. The van der Waals surface area contributed by atoms with Crippen molar-refractivity contribution in [2.45, 2.75) is 18.9 Å². The van der Waals surface area contributed by atoms with Crippen LogP contribution in [0.4, 0.5) is 0 Å². The van der Waals surface area contributed by atoms with Crippen LogP contribution in [-0.2, 0) is 4.79 Å². The standard InChI is InChI=1S/C18H18N2O/c21-17(11-8-14-5-4-12-19-13-14)20-18(16-9-10-16)15-6-2-1-3-7-15/h1-8,11-13,16,18H,9-10H2,(H,20,21). The van der Waals surface area contributed by atoms with E-state index in [1.54, 1.807) is 24.5 Å². The van der Waals surface area contributed by atoms with Gasteiger partial charge in [-0.25, -0.2) is 0 Å². The fraction of sp³-hybridized carbons (Fsp3) is 0.222. The Morgan fingerprint density at radius 1 is 1.19 bits per heavy atom. The Hall–Kier alpha value is -2.42. The maximum Gasteiger partial charge on any atom is 0.244 e. The molecule has 0 radical (unpaired) electrons. The molecule has 1 atom stereocenters. The van der Waals surface area contributed by atoms with Gasteiger partial charge in [0.1, 0.15) is 0 Å². The van der Waals surface area contributed by atoms with Crippen LogP contribution in [0.3, 0.4) is 0 Å².